The molecule has 0 saturated carbocycles. The third-order valence-electron chi connectivity index (χ3n) is 4.94. The second-order valence-corrected chi connectivity index (χ2v) is 6.65. The molecule has 1 aliphatic carbocycles. The van der Waals surface area contributed by atoms with Gasteiger partial charge in [-0.25, -0.2) is 4.79 Å². The molecular formula is C20H26N2O4. The van der Waals surface area contributed by atoms with Crippen LogP contribution in [0.1, 0.15) is 54.3 Å². The number of rotatable bonds is 5. The molecule has 6 heteroatoms. The van der Waals surface area contributed by atoms with Gasteiger partial charge in [0.2, 0.25) is 0 Å². The normalized spacial score (nSPS) is 17.2. The SMILES string of the molecule is COc1cc(C)c(C(C)NC(=O)NC2CCCc3occc32)cc1OC. The first-order valence-corrected chi connectivity index (χ1v) is 8.89. The lowest BCUT2D eigenvalue weighted by atomic mass is 9.93. The highest BCUT2D eigenvalue weighted by atomic mass is 16.5. The van der Waals surface area contributed by atoms with Gasteiger partial charge < -0.3 is 24.5 Å². The number of fused-ring (bicyclic) bond motifs is 1. The average molecular weight is 358 g/mol. The Morgan fingerprint density at radius 3 is 2.73 bits per heavy atom. The molecule has 6 nitrogen and oxygen atoms in total. The Kier molecular flexibility index (Phi) is 5.40. The molecule has 2 N–H and O–H groups in total. The number of carbonyl (C=O) groups excluding carboxylic acids is 1. The van der Waals surface area contributed by atoms with Gasteiger partial charge in [-0.2, -0.15) is 0 Å². The van der Waals surface area contributed by atoms with Crippen LogP contribution < -0.4 is 20.1 Å². The number of nitrogens with one attached hydrogen (secondary N) is 2. The number of benzene rings is 1. The molecule has 0 bridgehead atoms. The maximum Gasteiger partial charge on any atom is 0.315 e. The van der Waals surface area contributed by atoms with Crippen LogP contribution in [0.2, 0.25) is 0 Å². The molecular weight excluding hydrogens is 332 g/mol. The van der Waals surface area contributed by atoms with Gasteiger partial charge in [0.05, 0.1) is 32.6 Å². The van der Waals surface area contributed by atoms with E-state index in [1.165, 1.54) is 0 Å². The average Bonchev–Trinajstić information content (AvgIpc) is 3.11. The zero-order chi connectivity index (χ0) is 18.7. The summed E-state index contributed by atoms with van der Waals surface area (Å²) in [5.74, 6) is 2.31. The van der Waals surface area contributed by atoms with E-state index in [9.17, 15) is 4.79 Å². The number of methoxy groups -OCH3 is 2. The standard InChI is InChI=1S/C20H26N2O4/c1-12-10-18(24-3)19(25-4)11-15(12)13(2)21-20(23)22-16-6-5-7-17-14(16)8-9-26-17/h8-11,13,16H,5-7H2,1-4H3,(H2,21,22,23). The van der Waals surface area contributed by atoms with Crippen LogP contribution in [0.25, 0.3) is 0 Å². The first-order valence-electron chi connectivity index (χ1n) is 8.89. The molecule has 0 spiro atoms. The molecule has 140 valence electrons. The summed E-state index contributed by atoms with van der Waals surface area (Å²) in [6.45, 7) is 3.95. The van der Waals surface area contributed by atoms with Gasteiger partial charge in [0, 0.05) is 12.0 Å². The summed E-state index contributed by atoms with van der Waals surface area (Å²) in [6, 6.07) is 5.42. The Morgan fingerprint density at radius 2 is 2.00 bits per heavy atom. The predicted molar refractivity (Wildman–Crippen MR) is 98.8 cm³/mol. The van der Waals surface area contributed by atoms with E-state index in [4.69, 9.17) is 13.9 Å². The number of furan rings is 1. The van der Waals surface area contributed by atoms with E-state index < -0.39 is 0 Å². The number of urea groups is 1. The lowest BCUT2D eigenvalue weighted by molar-refractivity contribution is 0.232. The Balaban J connectivity index is 1.69. The van der Waals surface area contributed by atoms with E-state index in [0.717, 1.165) is 41.7 Å². The summed E-state index contributed by atoms with van der Waals surface area (Å²) >= 11 is 0. The summed E-state index contributed by atoms with van der Waals surface area (Å²) in [7, 11) is 3.22. The second-order valence-electron chi connectivity index (χ2n) is 6.65. The van der Waals surface area contributed by atoms with E-state index in [1.54, 1.807) is 20.5 Å². The van der Waals surface area contributed by atoms with E-state index in [0.29, 0.717) is 11.5 Å². The lowest BCUT2D eigenvalue weighted by Gasteiger charge is -2.25. The third kappa shape index (κ3) is 3.64. The Morgan fingerprint density at radius 1 is 1.27 bits per heavy atom. The van der Waals surface area contributed by atoms with Crippen molar-refractivity contribution in [3.8, 4) is 11.5 Å². The fourth-order valence-electron chi connectivity index (χ4n) is 3.57. The van der Waals surface area contributed by atoms with E-state index >= 15 is 0 Å². The molecule has 1 heterocycles. The van der Waals surface area contributed by atoms with Gasteiger partial charge in [0.25, 0.3) is 0 Å². The first-order chi connectivity index (χ1) is 12.5. The summed E-state index contributed by atoms with van der Waals surface area (Å²) in [6.07, 6.45) is 4.56. The largest absolute Gasteiger partial charge is 0.493 e. The van der Waals surface area contributed by atoms with E-state index in [1.807, 2.05) is 32.0 Å². The molecule has 1 aromatic heterocycles. The summed E-state index contributed by atoms with van der Waals surface area (Å²) < 4.78 is 16.2. The second kappa shape index (κ2) is 7.72. The molecule has 0 saturated heterocycles. The molecule has 26 heavy (non-hydrogen) atoms. The molecule has 0 aliphatic heterocycles. The van der Waals surface area contributed by atoms with Crippen LogP contribution >= 0.6 is 0 Å². The van der Waals surface area contributed by atoms with Crippen molar-refractivity contribution in [1.29, 1.82) is 0 Å². The molecule has 2 unspecified atom stereocenters. The van der Waals surface area contributed by atoms with Crippen molar-refractivity contribution in [2.75, 3.05) is 14.2 Å². The van der Waals surface area contributed by atoms with Gasteiger partial charge in [-0.3, -0.25) is 0 Å². The van der Waals surface area contributed by atoms with E-state index in [2.05, 4.69) is 10.6 Å². The minimum absolute atomic E-state index is 0.00352. The van der Waals surface area contributed by atoms with Crippen LogP contribution in [0.5, 0.6) is 11.5 Å². The van der Waals surface area contributed by atoms with Crippen molar-refractivity contribution < 1.29 is 18.7 Å². The van der Waals surface area contributed by atoms with Gasteiger partial charge in [0.1, 0.15) is 5.76 Å². The minimum Gasteiger partial charge on any atom is -0.493 e. The smallest absolute Gasteiger partial charge is 0.315 e. The zero-order valence-electron chi connectivity index (χ0n) is 15.7. The molecule has 1 aliphatic rings. The monoisotopic (exact) mass is 358 g/mol. The molecule has 1 aromatic carbocycles. The van der Waals surface area contributed by atoms with Crippen LogP contribution in [0.3, 0.4) is 0 Å². The van der Waals surface area contributed by atoms with Crippen molar-refractivity contribution >= 4 is 6.03 Å². The molecule has 2 aromatic rings. The molecule has 0 radical (unpaired) electrons. The highest BCUT2D eigenvalue weighted by Crippen LogP contribution is 2.33. The number of carbonyl (C=O) groups is 1. The van der Waals surface area contributed by atoms with Gasteiger partial charge in [0.15, 0.2) is 11.5 Å². The maximum atomic E-state index is 12.5. The zero-order valence-corrected chi connectivity index (χ0v) is 15.7. The van der Waals surface area contributed by atoms with Gasteiger partial charge in [-0.15, -0.1) is 0 Å². The molecule has 0 fully saturated rings. The van der Waals surface area contributed by atoms with Crippen LogP contribution in [0.4, 0.5) is 4.79 Å². The quantitative estimate of drug-likeness (QED) is 0.846. The van der Waals surface area contributed by atoms with Crippen molar-refractivity contribution in [3.63, 3.8) is 0 Å². The Labute approximate surface area is 153 Å². The number of aryl methyl sites for hydroxylation is 2. The van der Waals surface area contributed by atoms with Gasteiger partial charge >= 0.3 is 6.03 Å². The van der Waals surface area contributed by atoms with Crippen molar-refractivity contribution in [2.24, 2.45) is 0 Å². The number of hydrogen-bond donors (Lipinski definition) is 2. The van der Waals surface area contributed by atoms with Crippen LogP contribution in [0.15, 0.2) is 28.9 Å². The van der Waals surface area contributed by atoms with Crippen LogP contribution in [-0.4, -0.2) is 20.3 Å². The van der Waals surface area contributed by atoms with Crippen molar-refractivity contribution in [3.05, 3.63) is 46.9 Å². The van der Waals surface area contributed by atoms with Crippen molar-refractivity contribution in [2.45, 2.75) is 45.2 Å². The third-order valence-corrected chi connectivity index (χ3v) is 4.94. The summed E-state index contributed by atoms with van der Waals surface area (Å²) in [5.41, 5.74) is 3.11. The number of amides is 2. The molecule has 2 amide bonds. The summed E-state index contributed by atoms with van der Waals surface area (Å²) in [5, 5.41) is 6.09. The first kappa shape index (κ1) is 18.2. The van der Waals surface area contributed by atoms with Crippen LogP contribution in [-0.2, 0) is 6.42 Å². The predicted octanol–water partition coefficient (Wildman–Crippen LogP) is 4.04. The fourth-order valence-corrected chi connectivity index (χ4v) is 3.57. The molecule has 2 atom stereocenters. The van der Waals surface area contributed by atoms with Gasteiger partial charge in [-0.05, 0) is 56.0 Å². The van der Waals surface area contributed by atoms with E-state index in [-0.39, 0.29) is 18.1 Å². The number of ether oxygens (including phenoxy) is 2. The van der Waals surface area contributed by atoms with Crippen LogP contribution in [0, 0.1) is 6.92 Å². The maximum absolute atomic E-state index is 12.5. The highest BCUT2D eigenvalue weighted by Gasteiger charge is 2.25. The van der Waals surface area contributed by atoms with Crippen molar-refractivity contribution in [1.82, 2.24) is 10.6 Å². The highest BCUT2D eigenvalue weighted by molar-refractivity contribution is 5.75. The topological polar surface area (TPSA) is 72.7 Å². The molecule has 3 rings (SSSR count). The Bertz CT molecular complexity index is 784. The lowest BCUT2D eigenvalue weighted by Crippen LogP contribution is -2.40. The fraction of sp³-hybridized carbons (Fsp3) is 0.450. The van der Waals surface area contributed by atoms with Gasteiger partial charge in [-0.1, -0.05) is 0 Å². The Hall–Kier alpha value is -2.63. The number of hydrogen-bond acceptors (Lipinski definition) is 4. The minimum atomic E-state index is -0.189. The summed E-state index contributed by atoms with van der Waals surface area (Å²) in [4.78, 5) is 12.5.